The van der Waals surface area contributed by atoms with Gasteiger partial charge in [0.2, 0.25) is 0 Å². The molecular formula is C13H18O2. The third kappa shape index (κ3) is 1.86. The Kier molecular flexibility index (Phi) is 2.70. The topological polar surface area (TPSA) is 29.5 Å². The van der Waals surface area contributed by atoms with Gasteiger partial charge in [0.25, 0.3) is 0 Å². The van der Waals surface area contributed by atoms with Crippen LogP contribution in [0.4, 0.5) is 0 Å². The summed E-state index contributed by atoms with van der Waals surface area (Å²) in [4.78, 5) is 0. The second kappa shape index (κ2) is 3.86. The minimum atomic E-state index is -0.556. The minimum Gasteiger partial charge on any atom is -0.494 e. The largest absolute Gasteiger partial charge is 0.494 e. The quantitative estimate of drug-likeness (QED) is 0.820. The first kappa shape index (κ1) is 10.5. The van der Waals surface area contributed by atoms with Crippen LogP contribution in [0.5, 0.6) is 5.75 Å². The van der Waals surface area contributed by atoms with Crippen LogP contribution in [-0.2, 0) is 5.60 Å². The van der Waals surface area contributed by atoms with Gasteiger partial charge in [-0.2, -0.15) is 0 Å². The van der Waals surface area contributed by atoms with Crippen LogP contribution < -0.4 is 4.74 Å². The van der Waals surface area contributed by atoms with Gasteiger partial charge in [-0.15, -0.1) is 0 Å². The summed E-state index contributed by atoms with van der Waals surface area (Å²) in [5.41, 5.74) is 0.470. The van der Waals surface area contributed by atoms with E-state index in [4.69, 9.17) is 4.74 Å². The smallest absolute Gasteiger partial charge is 0.119 e. The van der Waals surface area contributed by atoms with Gasteiger partial charge >= 0.3 is 0 Å². The van der Waals surface area contributed by atoms with Crippen molar-refractivity contribution in [3.63, 3.8) is 0 Å². The van der Waals surface area contributed by atoms with E-state index in [0.29, 0.717) is 12.5 Å². The molecular weight excluding hydrogens is 188 g/mol. The van der Waals surface area contributed by atoms with Crippen LogP contribution >= 0.6 is 0 Å². The van der Waals surface area contributed by atoms with Gasteiger partial charge in [0, 0.05) is 0 Å². The molecule has 1 fully saturated rings. The number of rotatable bonds is 4. The summed E-state index contributed by atoms with van der Waals surface area (Å²) in [7, 11) is 0. The molecule has 2 unspecified atom stereocenters. The van der Waals surface area contributed by atoms with Gasteiger partial charge in [-0.3, -0.25) is 0 Å². The molecule has 1 aromatic rings. The van der Waals surface area contributed by atoms with Gasteiger partial charge in [0.05, 0.1) is 12.2 Å². The highest BCUT2D eigenvalue weighted by Gasteiger charge is 2.52. The maximum absolute atomic E-state index is 10.2. The van der Waals surface area contributed by atoms with E-state index in [1.54, 1.807) is 0 Å². The predicted molar refractivity (Wildman–Crippen MR) is 59.9 cm³/mol. The SMILES string of the molecule is CCOc1ccc(C2(O)CC2CC)cc1. The Morgan fingerprint density at radius 3 is 2.47 bits per heavy atom. The van der Waals surface area contributed by atoms with E-state index in [1.165, 1.54) is 0 Å². The number of hydrogen-bond donors (Lipinski definition) is 1. The first-order valence-corrected chi connectivity index (χ1v) is 5.66. The number of ether oxygens (including phenoxy) is 1. The summed E-state index contributed by atoms with van der Waals surface area (Å²) < 4.78 is 5.37. The van der Waals surface area contributed by atoms with Crippen molar-refractivity contribution in [1.82, 2.24) is 0 Å². The molecule has 2 atom stereocenters. The maximum Gasteiger partial charge on any atom is 0.119 e. The Balaban J connectivity index is 2.11. The molecule has 0 amide bonds. The monoisotopic (exact) mass is 206 g/mol. The number of aliphatic hydroxyl groups is 1. The van der Waals surface area contributed by atoms with Crippen LogP contribution in [0.15, 0.2) is 24.3 Å². The van der Waals surface area contributed by atoms with E-state index in [-0.39, 0.29) is 0 Å². The first-order valence-electron chi connectivity index (χ1n) is 5.66. The average molecular weight is 206 g/mol. The Bertz CT molecular complexity index is 331. The molecule has 2 nitrogen and oxygen atoms in total. The predicted octanol–water partition coefficient (Wildman–Crippen LogP) is 2.70. The van der Waals surface area contributed by atoms with Crippen molar-refractivity contribution in [3.8, 4) is 5.75 Å². The van der Waals surface area contributed by atoms with Gasteiger partial charge in [0.1, 0.15) is 5.75 Å². The van der Waals surface area contributed by atoms with Gasteiger partial charge in [-0.1, -0.05) is 25.5 Å². The minimum absolute atomic E-state index is 0.440. The van der Waals surface area contributed by atoms with Crippen LogP contribution in [0.1, 0.15) is 32.3 Å². The van der Waals surface area contributed by atoms with Crippen LogP contribution in [0.2, 0.25) is 0 Å². The molecule has 0 saturated heterocycles. The van der Waals surface area contributed by atoms with Crippen LogP contribution in [0, 0.1) is 5.92 Å². The molecule has 82 valence electrons. The lowest BCUT2D eigenvalue weighted by molar-refractivity contribution is 0.130. The fraction of sp³-hybridized carbons (Fsp3) is 0.538. The van der Waals surface area contributed by atoms with Crippen molar-refractivity contribution < 1.29 is 9.84 Å². The Morgan fingerprint density at radius 1 is 1.33 bits per heavy atom. The molecule has 2 heteroatoms. The maximum atomic E-state index is 10.2. The summed E-state index contributed by atoms with van der Waals surface area (Å²) in [6, 6.07) is 7.81. The van der Waals surface area contributed by atoms with E-state index in [1.807, 2.05) is 31.2 Å². The number of hydrogen-bond acceptors (Lipinski definition) is 2. The lowest BCUT2D eigenvalue weighted by Crippen LogP contribution is -2.08. The van der Waals surface area contributed by atoms with Crippen LogP contribution in [0.25, 0.3) is 0 Å². The van der Waals surface area contributed by atoms with Crippen molar-refractivity contribution in [2.45, 2.75) is 32.3 Å². The van der Waals surface area contributed by atoms with Crippen molar-refractivity contribution in [2.75, 3.05) is 6.61 Å². The zero-order chi connectivity index (χ0) is 10.9. The molecule has 0 bridgehead atoms. The Hall–Kier alpha value is -1.02. The van der Waals surface area contributed by atoms with E-state index < -0.39 is 5.60 Å². The third-order valence-corrected chi connectivity index (χ3v) is 3.23. The van der Waals surface area contributed by atoms with Crippen LogP contribution in [-0.4, -0.2) is 11.7 Å². The molecule has 0 aromatic heterocycles. The highest BCUT2D eigenvalue weighted by atomic mass is 16.5. The molecule has 15 heavy (non-hydrogen) atoms. The van der Waals surface area contributed by atoms with Crippen molar-refractivity contribution >= 4 is 0 Å². The van der Waals surface area contributed by atoms with E-state index in [0.717, 1.165) is 24.2 Å². The van der Waals surface area contributed by atoms with Gasteiger partial charge in [-0.05, 0) is 37.0 Å². The third-order valence-electron chi connectivity index (χ3n) is 3.23. The lowest BCUT2D eigenvalue weighted by atomic mass is 10.0. The zero-order valence-corrected chi connectivity index (χ0v) is 9.36. The molecule has 1 aromatic carbocycles. The highest BCUT2D eigenvalue weighted by Crippen LogP contribution is 2.53. The summed E-state index contributed by atoms with van der Waals surface area (Å²) in [5, 5.41) is 10.2. The molecule has 1 saturated carbocycles. The van der Waals surface area contributed by atoms with Gasteiger partial charge in [0.15, 0.2) is 0 Å². The molecule has 0 heterocycles. The summed E-state index contributed by atoms with van der Waals surface area (Å²) in [5.74, 6) is 1.31. The van der Waals surface area contributed by atoms with Crippen molar-refractivity contribution in [1.29, 1.82) is 0 Å². The lowest BCUT2D eigenvalue weighted by Gasteiger charge is -2.11. The number of benzene rings is 1. The van der Waals surface area contributed by atoms with E-state index in [9.17, 15) is 5.11 Å². The molecule has 0 radical (unpaired) electrons. The van der Waals surface area contributed by atoms with Gasteiger partial charge < -0.3 is 9.84 Å². The van der Waals surface area contributed by atoms with Crippen LogP contribution in [0.3, 0.4) is 0 Å². The second-order valence-corrected chi connectivity index (χ2v) is 4.19. The van der Waals surface area contributed by atoms with Gasteiger partial charge in [-0.25, -0.2) is 0 Å². The molecule has 0 spiro atoms. The zero-order valence-electron chi connectivity index (χ0n) is 9.36. The molecule has 0 aliphatic heterocycles. The standard InChI is InChI=1S/C13H18O2/c1-3-10-9-13(10,14)11-5-7-12(8-6-11)15-4-2/h5-8,10,14H,3-4,9H2,1-2H3. The van der Waals surface area contributed by atoms with E-state index >= 15 is 0 Å². The summed E-state index contributed by atoms with van der Waals surface area (Å²) in [6.07, 6.45) is 1.95. The Labute approximate surface area is 90.9 Å². The summed E-state index contributed by atoms with van der Waals surface area (Å²) in [6.45, 7) is 4.77. The summed E-state index contributed by atoms with van der Waals surface area (Å²) >= 11 is 0. The molecule has 1 aliphatic carbocycles. The Morgan fingerprint density at radius 2 is 2.00 bits per heavy atom. The van der Waals surface area contributed by atoms with E-state index in [2.05, 4.69) is 6.92 Å². The second-order valence-electron chi connectivity index (χ2n) is 4.19. The normalized spacial score (nSPS) is 28.9. The highest BCUT2D eigenvalue weighted by molar-refractivity contribution is 5.34. The first-order chi connectivity index (χ1) is 7.20. The molecule has 1 N–H and O–H groups in total. The molecule has 1 aliphatic rings. The fourth-order valence-electron chi connectivity index (χ4n) is 2.16. The average Bonchev–Trinajstić information content (AvgIpc) is 2.93. The van der Waals surface area contributed by atoms with Crippen molar-refractivity contribution in [3.05, 3.63) is 29.8 Å². The van der Waals surface area contributed by atoms with Crippen molar-refractivity contribution in [2.24, 2.45) is 5.92 Å². The fourth-order valence-corrected chi connectivity index (χ4v) is 2.16. The molecule has 2 rings (SSSR count).